The lowest BCUT2D eigenvalue weighted by atomic mass is 10.1. The number of nitrogens with zero attached hydrogens (tertiary/aromatic N) is 6. The molecule has 3 heterocycles. The van der Waals surface area contributed by atoms with Gasteiger partial charge >= 0.3 is 6.03 Å². The average molecular weight is 469 g/mol. The average Bonchev–Trinajstić information content (AvgIpc) is 3.35. The van der Waals surface area contributed by atoms with Gasteiger partial charge in [0.1, 0.15) is 6.61 Å². The Morgan fingerprint density at radius 1 is 1.12 bits per heavy atom. The Bertz CT molecular complexity index is 1090. The Morgan fingerprint density at radius 2 is 1.94 bits per heavy atom. The summed E-state index contributed by atoms with van der Waals surface area (Å²) in [5.41, 5.74) is 6.03. The molecule has 2 aromatic heterocycles. The van der Waals surface area contributed by atoms with E-state index in [1.165, 1.54) is 11.2 Å². The van der Waals surface area contributed by atoms with E-state index in [0.29, 0.717) is 24.8 Å². The molecule has 33 heavy (non-hydrogen) atoms. The number of hydrogen-bond acceptors (Lipinski definition) is 7. The Hall–Kier alpha value is -3.92. The maximum Gasteiger partial charge on any atom is 0.349 e. The fraction of sp³-hybridized carbons (Fsp3) is 0.227. The van der Waals surface area contributed by atoms with E-state index in [0.717, 1.165) is 16.8 Å². The first-order chi connectivity index (χ1) is 15.6. The molecule has 172 valence electrons. The molecule has 2 N–H and O–H groups in total. The van der Waals surface area contributed by atoms with E-state index in [9.17, 15) is 4.79 Å². The standard InChI is InChI=1S/C22H24N8O2.ClH/c1-16(2)20-9-8-19(12-23-20)29(13-18-10-24-25-11-18)22(31)30-14-21(26-27-28-30)32-15-17-6-4-3-5-7-17;/h3-12,14,16H,13,15H2,1-2H3,(H,24,25)(H,26,28);1H. The minimum Gasteiger partial charge on any atom is -0.471 e. The molecule has 3 aromatic rings. The van der Waals surface area contributed by atoms with Crippen molar-refractivity contribution < 1.29 is 9.53 Å². The molecule has 10 nitrogen and oxygen atoms in total. The maximum atomic E-state index is 13.4. The van der Waals surface area contributed by atoms with Gasteiger partial charge in [-0.3, -0.25) is 15.0 Å². The van der Waals surface area contributed by atoms with Crippen molar-refractivity contribution in [1.82, 2.24) is 25.7 Å². The monoisotopic (exact) mass is 468 g/mol. The smallest absolute Gasteiger partial charge is 0.349 e. The van der Waals surface area contributed by atoms with Crippen LogP contribution >= 0.6 is 12.4 Å². The van der Waals surface area contributed by atoms with Crippen LogP contribution in [0.15, 0.2) is 83.5 Å². The number of anilines is 1. The lowest BCUT2D eigenvalue weighted by Gasteiger charge is -2.28. The van der Waals surface area contributed by atoms with Crippen LogP contribution in [0.4, 0.5) is 10.5 Å². The molecule has 2 amide bonds. The zero-order chi connectivity index (χ0) is 22.3. The summed E-state index contributed by atoms with van der Waals surface area (Å²) < 4.78 is 5.70. The van der Waals surface area contributed by atoms with Crippen molar-refractivity contribution in [2.75, 3.05) is 4.90 Å². The number of carbonyl (C=O) groups excluding carboxylic acids is 1. The maximum absolute atomic E-state index is 13.4. The van der Waals surface area contributed by atoms with Crippen molar-refractivity contribution in [2.24, 2.45) is 10.3 Å². The third-order valence-corrected chi connectivity index (χ3v) is 4.78. The van der Waals surface area contributed by atoms with Gasteiger partial charge < -0.3 is 4.74 Å². The van der Waals surface area contributed by atoms with E-state index in [2.05, 4.69) is 44.9 Å². The molecule has 1 aromatic carbocycles. The van der Waals surface area contributed by atoms with E-state index in [1.54, 1.807) is 23.5 Å². The Morgan fingerprint density at radius 3 is 2.61 bits per heavy atom. The van der Waals surface area contributed by atoms with Gasteiger partial charge in [0.25, 0.3) is 5.88 Å². The largest absolute Gasteiger partial charge is 0.471 e. The van der Waals surface area contributed by atoms with Crippen LogP contribution in [-0.2, 0) is 17.9 Å². The number of H-pyrrole nitrogens is 1. The minimum absolute atomic E-state index is 0. The normalized spacial score (nSPS) is 12.6. The molecular weight excluding hydrogens is 444 g/mol. The highest BCUT2D eigenvalue weighted by Gasteiger charge is 2.25. The number of hydrogen-bond donors (Lipinski definition) is 2. The van der Waals surface area contributed by atoms with Crippen LogP contribution in [0.1, 0.15) is 36.6 Å². The fourth-order valence-corrected chi connectivity index (χ4v) is 3.03. The molecule has 0 unspecified atom stereocenters. The second kappa shape index (κ2) is 11.1. The van der Waals surface area contributed by atoms with Gasteiger partial charge in [-0.15, -0.1) is 12.4 Å². The van der Waals surface area contributed by atoms with Gasteiger partial charge in [0.05, 0.1) is 30.8 Å². The summed E-state index contributed by atoms with van der Waals surface area (Å²) >= 11 is 0. The summed E-state index contributed by atoms with van der Waals surface area (Å²) in [6, 6.07) is 13.1. The van der Waals surface area contributed by atoms with Crippen LogP contribution in [0, 0.1) is 0 Å². The van der Waals surface area contributed by atoms with Crippen molar-refractivity contribution >= 4 is 24.1 Å². The molecule has 0 saturated carbocycles. The highest BCUT2D eigenvalue weighted by atomic mass is 35.5. The summed E-state index contributed by atoms with van der Waals surface area (Å²) in [6.07, 6.45) is 6.57. The number of rotatable bonds is 7. The van der Waals surface area contributed by atoms with Gasteiger partial charge in [0, 0.05) is 17.5 Å². The molecule has 0 atom stereocenters. The van der Waals surface area contributed by atoms with Crippen LogP contribution in [0.25, 0.3) is 0 Å². The van der Waals surface area contributed by atoms with Crippen LogP contribution in [0.3, 0.4) is 0 Å². The molecule has 1 aliphatic heterocycles. The van der Waals surface area contributed by atoms with Gasteiger partial charge in [-0.1, -0.05) is 49.3 Å². The van der Waals surface area contributed by atoms with Crippen molar-refractivity contribution in [1.29, 1.82) is 0 Å². The first-order valence-electron chi connectivity index (χ1n) is 10.2. The number of hydrazine groups is 1. The first kappa shape index (κ1) is 23.7. The number of benzene rings is 1. The summed E-state index contributed by atoms with van der Waals surface area (Å²) in [7, 11) is 0. The molecule has 0 spiro atoms. The predicted molar refractivity (Wildman–Crippen MR) is 125 cm³/mol. The summed E-state index contributed by atoms with van der Waals surface area (Å²) in [5, 5.41) is 15.7. The molecule has 0 saturated heterocycles. The predicted octanol–water partition coefficient (Wildman–Crippen LogP) is 4.68. The Kier molecular flexibility index (Phi) is 7.98. The van der Waals surface area contributed by atoms with Gasteiger partial charge in [-0.25, -0.2) is 4.79 Å². The van der Waals surface area contributed by atoms with Crippen LogP contribution in [0.2, 0.25) is 0 Å². The number of carbonyl (C=O) groups is 1. The number of nitrogens with one attached hydrogen (secondary N) is 2. The van der Waals surface area contributed by atoms with Gasteiger partial charge in [0.15, 0.2) is 0 Å². The molecular formula is C22H25ClN8O2. The third-order valence-electron chi connectivity index (χ3n) is 4.78. The fourth-order valence-electron chi connectivity index (χ4n) is 3.03. The molecule has 0 aliphatic carbocycles. The zero-order valence-electron chi connectivity index (χ0n) is 18.3. The summed E-state index contributed by atoms with van der Waals surface area (Å²) in [5.74, 6) is 0.510. The quantitative estimate of drug-likeness (QED) is 0.523. The van der Waals surface area contributed by atoms with Crippen LogP contribution < -0.4 is 10.4 Å². The Labute approximate surface area is 197 Å². The van der Waals surface area contributed by atoms with E-state index in [-0.39, 0.29) is 24.3 Å². The molecule has 0 radical (unpaired) electrons. The number of halogens is 1. The highest BCUT2D eigenvalue weighted by Crippen LogP contribution is 2.22. The topological polar surface area (TPSA) is 111 Å². The van der Waals surface area contributed by atoms with Crippen molar-refractivity contribution in [3.63, 3.8) is 0 Å². The van der Waals surface area contributed by atoms with E-state index in [4.69, 9.17) is 4.74 Å². The summed E-state index contributed by atoms with van der Waals surface area (Å²) in [6.45, 7) is 4.75. The number of ether oxygens (including phenoxy) is 1. The number of amides is 2. The minimum atomic E-state index is -0.371. The van der Waals surface area contributed by atoms with Gasteiger partial charge in [0.2, 0.25) is 0 Å². The second-order valence-electron chi connectivity index (χ2n) is 7.48. The van der Waals surface area contributed by atoms with Crippen LogP contribution in [0.5, 0.6) is 0 Å². The van der Waals surface area contributed by atoms with Crippen LogP contribution in [-0.4, -0.2) is 26.2 Å². The van der Waals surface area contributed by atoms with Crippen molar-refractivity contribution in [3.8, 4) is 0 Å². The lowest BCUT2D eigenvalue weighted by Crippen LogP contribution is -2.46. The van der Waals surface area contributed by atoms with Gasteiger partial charge in [-0.05, 0) is 28.8 Å². The van der Waals surface area contributed by atoms with Crippen molar-refractivity contribution in [3.05, 3.63) is 90.0 Å². The van der Waals surface area contributed by atoms with E-state index < -0.39 is 0 Å². The van der Waals surface area contributed by atoms with E-state index in [1.807, 2.05) is 42.5 Å². The molecule has 11 heteroatoms. The molecule has 1 aliphatic rings. The summed E-state index contributed by atoms with van der Waals surface area (Å²) in [4.78, 5) is 19.5. The number of aromatic amines is 1. The van der Waals surface area contributed by atoms with Crippen molar-refractivity contribution in [2.45, 2.75) is 32.9 Å². The highest BCUT2D eigenvalue weighted by molar-refractivity contribution is 5.92. The molecule has 4 rings (SSSR count). The molecule has 0 bridgehead atoms. The third kappa shape index (κ3) is 6.07. The Balaban J connectivity index is 0.00000306. The second-order valence-corrected chi connectivity index (χ2v) is 7.48. The number of urea groups is 1. The van der Waals surface area contributed by atoms with Gasteiger partial charge in [-0.2, -0.15) is 15.6 Å². The lowest BCUT2D eigenvalue weighted by molar-refractivity contribution is 0.157. The number of aromatic nitrogens is 3. The number of pyridine rings is 1. The molecule has 0 fully saturated rings. The first-order valence-corrected chi connectivity index (χ1v) is 10.2. The SMILES string of the molecule is CC(C)c1ccc(N(Cc2cn[nH]c2)C(=O)N2C=C(OCc3ccccc3)N=NN2)cn1.Cl. The zero-order valence-corrected chi connectivity index (χ0v) is 19.1. The van der Waals surface area contributed by atoms with E-state index >= 15 is 0 Å².